The normalized spacial score (nSPS) is 11.8. The van der Waals surface area contributed by atoms with Gasteiger partial charge in [-0.3, -0.25) is 4.40 Å². The van der Waals surface area contributed by atoms with Gasteiger partial charge in [-0.15, -0.1) is 11.3 Å². The Morgan fingerprint density at radius 2 is 0.684 bits per heavy atom. The summed E-state index contributed by atoms with van der Waals surface area (Å²) in [6.45, 7) is 0. The Kier molecular flexibility index (Phi) is 10.4. The summed E-state index contributed by atoms with van der Waals surface area (Å²) in [7, 11) is 0. The molecule has 0 atom stereocenters. The Bertz CT molecular complexity index is 4730. The lowest BCUT2D eigenvalue weighted by Crippen LogP contribution is -2.09. The highest BCUT2D eigenvalue weighted by Gasteiger charge is 2.28. The van der Waals surface area contributed by atoms with E-state index in [4.69, 9.17) is 4.42 Å². The maximum atomic E-state index is 7.31. The lowest BCUT2D eigenvalue weighted by molar-refractivity contribution is 0.652. The molecule has 0 saturated heterocycles. The molecule has 0 spiro atoms. The maximum Gasteiger partial charge on any atom is 0.214 e. The van der Waals surface area contributed by atoms with Crippen molar-refractivity contribution in [1.29, 1.82) is 0 Å². The molecule has 5 heteroatoms. The molecule has 4 heterocycles. The number of anilines is 6. The summed E-state index contributed by atoms with van der Waals surface area (Å²) in [6, 6.07) is 103. The molecule has 12 aromatic carbocycles. The van der Waals surface area contributed by atoms with Gasteiger partial charge in [-0.25, -0.2) is 0 Å². The van der Waals surface area contributed by atoms with Crippen LogP contribution in [0.2, 0.25) is 0 Å². The van der Waals surface area contributed by atoms with Gasteiger partial charge in [-0.05, 0) is 134 Å². The van der Waals surface area contributed by atoms with Gasteiger partial charge in [0.1, 0.15) is 10.4 Å². The number of thiophene rings is 1. The van der Waals surface area contributed by atoms with Gasteiger partial charge >= 0.3 is 0 Å². The SMILES string of the molecule is c1ccc(-c2ccc(N(c3ccc(-c4ccccc4)cc3)c3ccc4c(c3)oc3c4c4c5ccccc5cc5c6c7ccc(N(c8ccc(-c9ccccc9)cc8)c8ccc(-c9ccccc9)cc8)cc7sc6n3c54)cc2)cc1. The first kappa shape index (κ1) is 45.0. The second-order valence-corrected chi connectivity index (χ2v) is 21.5. The molecule has 0 amide bonds. The van der Waals surface area contributed by atoms with Crippen LogP contribution in [-0.4, -0.2) is 4.40 Å². The molecule has 0 bridgehead atoms. The van der Waals surface area contributed by atoms with E-state index >= 15 is 0 Å². The van der Waals surface area contributed by atoms with E-state index in [1.54, 1.807) is 0 Å². The van der Waals surface area contributed by atoms with Crippen molar-refractivity contribution in [3.63, 3.8) is 0 Å². The van der Waals surface area contributed by atoms with Crippen molar-refractivity contribution in [2.24, 2.45) is 0 Å². The fourth-order valence-electron chi connectivity index (χ4n) is 12.2. The van der Waals surface area contributed by atoms with E-state index < -0.39 is 0 Å². The Labute approximate surface area is 460 Å². The highest BCUT2D eigenvalue weighted by atomic mass is 32.1. The fourth-order valence-corrected chi connectivity index (χ4v) is 13.4. The van der Waals surface area contributed by atoms with Gasteiger partial charge in [0.05, 0.1) is 10.9 Å². The lowest BCUT2D eigenvalue weighted by atomic mass is 9.99. The van der Waals surface area contributed by atoms with E-state index in [-0.39, 0.29) is 0 Å². The second-order valence-electron chi connectivity index (χ2n) is 20.5. The van der Waals surface area contributed by atoms with Crippen LogP contribution in [-0.2, 0) is 0 Å². The molecule has 0 fully saturated rings. The van der Waals surface area contributed by atoms with Crippen molar-refractivity contribution >= 4 is 115 Å². The molecule has 0 saturated carbocycles. The summed E-state index contributed by atoms with van der Waals surface area (Å²) in [5.41, 5.74) is 18.9. The smallest absolute Gasteiger partial charge is 0.214 e. The van der Waals surface area contributed by atoms with Gasteiger partial charge in [0.2, 0.25) is 5.71 Å². The zero-order valence-corrected chi connectivity index (χ0v) is 43.6. The summed E-state index contributed by atoms with van der Waals surface area (Å²) in [4.78, 5) is 5.91. The number of rotatable bonds is 10. The first-order valence-electron chi connectivity index (χ1n) is 26.9. The van der Waals surface area contributed by atoms with Crippen LogP contribution in [0.1, 0.15) is 0 Å². The summed E-state index contributed by atoms with van der Waals surface area (Å²) in [5, 5.41) is 9.66. The predicted octanol–water partition coefficient (Wildman–Crippen LogP) is 21.6. The minimum absolute atomic E-state index is 0.846. The van der Waals surface area contributed by atoms with Gasteiger partial charge < -0.3 is 14.2 Å². The predicted molar refractivity (Wildman–Crippen MR) is 335 cm³/mol. The third kappa shape index (κ3) is 7.43. The van der Waals surface area contributed by atoms with Crippen LogP contribution >= 0.6 is 11.3 Å². The van der Waals surface area contributed by atoms with Crippen LogP contribution in [0.5, 0.6) is 0 Å². The average Bonchev–Trinajstić information content (AvgIpc) is 4.46. The van der Waals surface area contributed by atoms with E-state index in [1.807, 2.05) is 11.3 Å². The van der Waals surface area contributed by atoms with Gasteiger partial charge in [-0.2, -0.15) is 0 Å². The van der Waals surface area contributed by atoms with E-state index in [1.165, 1.54) is 91.9 Å². The number of benzene rings is 12. The number of fused-ring (bicyclic) bond motifs is 12. The van der Waals surface area contributed by atoms with Crippen LogP contribution in [0.15, 0.2) is 290 Å². The first-order chi connectivity index (χ1) is 39.2. The first-order valence-corrected chi connectivity index (χ1v) is 27.7. The Morgan fingerprint density at radius 3 is 1.15 bits per heavy atom. The molecule has 0 radical (unpaired) electrons. The molecule has 16 aromatic rings. The van der Waals surface area contributed by atoms with Crippen LogP contribution in [0.25, 0.3) is 114 Å². The van der Waals surface area contributed by atoms with Crippen LogP contribution < -0.4 is 9.80 Å². The summed E-state index contributed by atoms with van der Waals surface area (Å²) < 4.78 is 11.0. The van der Waals surface area contributed by atoms with Crippen LogP contribution in [0.3, 0.4) is 0 Å². The molecule has 4 aromatic heterocycles. The number of hydrogen-bond acceptors (Lipinski definition) is 4. The van der Waals surface area contributed by atoms with Crippen molar-refractivity contribution in [3.05, 3.63) is 285 Å². The van der Waals surface area contributed by atoms with Gasteiger partial charge in [-0.1, -0.05) is 200 Å². The number of hydrogen-bond donors (Lipinski definition) is 0. The lowest BCUT2D eigenvalue weighted by Gasteiger charge is -2.26. The van der Waals surface area contributed by atoms with Crippen molar-refractivity contribution in [2.45, 2.75) is 0 Å². The largest absolute Gasteiger partial charge is 0.439 e. The van der Waals surface area contributed by atoms with Gasteiger partial charge in [0.25, 0.3) is 0 Å². The zero-order valence-electron chi connectivity index (χ0n) is 42.8. The van der Waals surface area contributed by atoms with E-state index in [0.717, 1.165) is 56.2 Å². The Balaban J connectivity index is 0.860. The standard InChI is InChI=1S/C74H47N3OS/c1-5-15-48(16-6-1)52-25-33-57(34-26-52)75(58-35-27-53(28-36-58)49-17-7-2-8-18-49)61-41-43-64-67(46-61)78-73-71(64)70-63-24-14-13-23-56(63)45-66-69-65-44-42-62(47-68(65)79-74(69)77(73)72(66)70)76(59-37-29-54(30-38-59)50-19-9-3-10-20-50)60-39-31-55(32-40-60)51-21-11-4-12-22-51/h1-47H. The third-order valence-electron chi connectivity index (χ3n) is 15.9. The Morgan fingerprint density at radius 1 is 0.291 bits per heavy atom. The highest BCUT2D eigenvalue weighted by Crippen LogP contribution is 2.52. The monoisotopic (exact) mass is 1030 g/mol. The molecular formula is C74H47N3OS. The summed E-state index contributed by atoms with van der Waals surface area (Å²) >= 11 is 1.84. The number of furan rings is 1. The van der Waals surface area contributed by atoms with E-state index in [2.05, 4.69) is 299 Å². The number of nitrogens with zero attached hydrogens (tertiary/aromatic N) is 3. The zero-order chi connectivity index (χ0) is 52.0. The van der Waals surface area contributed by atoms with E-state index in [9.17, 15) is 0 Å². The van der Waals surface area contributed by atoms with Crippen molar-refractivity contribution in [1.82, 2.24) is 4.40 Å². The van der Waals surface area contributed by atoms with Crippen molar-refractivity contribution in [2.75, 3.05) is 9.80 Å². The molecule has 370 valence electrons. The van der Waals surface area contributed by atoms with Gasteiger partial charge in [0, 0.05) is 71.8 Å². The summed E-state index contributed by atoms with van der Waals surface area (Å²) in [6.07, 6.45) is 0. The van der Waals surface area contributed by atoms with Crippen LogP contribution in [0.4, 0.5) is 34.1 Å². The molecule has 0 aliphatic carbocycles. The average molecular weight is 1030 g/mol. The quantitative estimate of drug-likeness (QED) is 0.136. The molecular weight excluding hydrogens is 979 g/mol. The molecule has 79 heavy (non-hydrogen) atoms. The highest BCUT2D eigenvalue weighted by molar-refractivity contribution is 7.25. The minimum Gasteiger partial charge on any atom is -0.439 e. The van der Waals surface area contributed by atoms with Gasteiger partial charge in [0.15, 0.2) is 0 Å². The molecule has 0 N–H and O–H groups in total. The topological polar surface area (TPSA) is 24.0 Å². The molecule has 16 rings (SSSR count). The molecule has 0 aliphatic heterocycles. The van der Waals surface area contributed by atoms with Crippen molar-refractivity contribution in [3.8, 4) is 44.5 Å². The molecule has 4 nitrogen and oxygen atoms in total. The maximum absolute atomic E-state index is 7.31. The summed E-state index contributed by atoms with van der Waals surface area (Å²) in [5.74, 6) is 0. The minimum atomic E-state index is 0.846. The molecule has 0 unspecified atom stereocenters. The second kappa shape index (κ2) is 18.2. The fraction of sp³-hybridized carbons (Fsp3) is 0. The van der Waals surface area contributed by atoms with Crippen molar-refractivity contribution < 1.29 is 4.42 Å². The number of aromatic nitrogens is 1. The third-order valence-corrected chi connectivity index (χ3v) is 17.1. The molecule has 0 aliphatic rings. The van der Waals surface area contributed by atoms with E-state index in [0.29, 0.717) is 0 Å². The van der Waals surface area contributed by atoms with Crippen LogP contribution in [0, 0.1) is 0 Å². The Hall–Kier alpha value is -10.2.